The number of carboxylic acids is 2. The zero-order chi connectivity index (χ0) is 22.1. The topological polar surface area (TPSA) is 74.6 Å². The van der Waals surface area contributed by atoms with Crippen molar-refractivity contribution < 1.29 is 19.8 Å². The van der Waals surface area contributed by atoms with Gasteiger partial charge in [-0.15, -0.1) is 0 Å². The van der Waals surface area contributed by atoms with Gasteiger partial charge in [-0.3, -0.25) is 9.59 Å². The maximum Gasteiger partial charge on any atom is 0.307 e. The molecule has 0 saturated heterocycles. The monoisotopic (exact) mass is 424 g/mol. The van der Waals surface area contributed by atoms with Crippen LogP contribution in [0.5, 0.6) is 0 Å². The Morgan fingerprint density at radius 2 is 0.767 bits per heavy atom. The molecule has 30 heavy (non-hydrogen) atoms. The summed E-state index contributed by atoms with van der Waals surface area (Å²) in [5.41, 5.74) is 0. The van der Waals surface area contributed by atoms with Crippen LogP contribution in [0.1, 0.15) is 141 Å². The lowest BCUT2D eigenvalue weighted by atomic mass is 10.0. The Labute approximate surface area is 185 Å². The summed E-state index contributed by atoms with van der Waals surface area (Å²) in [4.78, 5) is 20.8. The van der Waals surface area contributed by atoms with Crippen LogP contribution < -0.4 is 0 Å². The SMILES string of the molecule is O=C(O)CC=CCCCCCCCCCCCCCCCCCCCCCC(=O)O. The van der Waals surface area contributed by atoms with Crippen molar-refractivity contribution in [3.05, 3.63) is 12.2 Å². The van der Waals surface area contributed by atoms with Crippen molar-refractivity contribution in [3.8, 4) is 0 Å². The van der Waals surface area contributed by atoms with Gasteiger partial charge in [0, 0.05) is 6.42 Å². The molecule has 0 atom stereocenters. The van der Waals surface area contributed by atoms with Crippen LogP contribution in [-0.4, -0.2) is 22.2 Å². The van der Waals surface area contributed by atoms with Gasteiger partial charge in [-0.05, 0) is 19.3 Å². The Morgan fingerprint density at radius 1 is 0.433 bits per heavy atom. The number of carboxylic acid groups (broad SMARTS) is 2. The minimum Gasteiger partial charge on any atom is -0.481 e. The smallest absolute Gasteiger partial charge is 0.307 e. The zero-order valence-electron chi connectivity index (χ0n) is 19.4. The number of allylic oxidation sites excluding steroid dienone is 1. The summed E-state index contributed by atoms with van der Waals surface area (Å²) < 4.78 is 0. The first-order chi connectivity index (χ1) is 14.6. The third-order valence-corrected chi connectivity index (χ3v) is 5.72. The largest absolute Gasteiger partial charge is 0.481 e. The molecule has 0 aliphatic carbocycles. The van der Waals surface area contributed by atoms with E-state index in [0.29, 0.717) is 6.42 Å². The molecule has 0 heterocycles. The van der Waals surface area contributed by atoms with E-state index in [1.165, 1.54) is 109 Å². The minimum atomic E-state index is -0.749. The molecule has 0 aliphatic rings. The normalized spacial score (nSPS) is 11.3. The van der Waals surface area contributed by atoms with Crippen LogP contribution in [0.25, 0.3) is 0 Å². The van der Waals surface area contributed by atoms with E-state index >= 15 is 0 Å². The zero-order valence-corrected chi connectivity index (χ0v) is 19.4. The van der Waals surface area contributed by atoms with E-state index in [1.807, 2.05) is 6.08 Å². The first-order valence-electron chi connectivity index (χ1n) is 12.7. The Hall–Kier alpha value is -1.32. The molecule has 0 bridgehead atoms. The Kier molecular flexibility index (Phi) is 22.9. The predicted octanol–water partition coefficient (Wildman–Crippen LogP) is 8.29. The van der Waals surface area contributed by atoms with Crippen LogP contribution in [0.3, 0.4) is 0 Å². The molecule has 0 aliphatic heterocycles. The fraction of sp³-hybridized carbons (Fsp3) is 0.846. The van der Waals surface area contributed by atoms with Gasteiger partial charge >= 0.3 is 11.9 Å². The molecule has 0 aromatic rings. The van der Waals surface area contributed by atoms with Crippen molar-refractivity contribution >= 4 is 11.9 Å². The Morgan fingerprint density at radius 3 is 1.10 bits per heavy atom. The summed E-state index contributed by atoms with van der Waals surface area (Å²) in [6, 6.07) is 0. The third-order valence-electron chi connectivity index (χ3n) is 5.72. The van der Waals surface area contributed by atoms with Gasteiger partial charge in [0.15, 0.2) is 0 Å². The summed E-state index contributed by atoms with van der Waals surface area (Å²) in [5, 5.41) is 17.1. The summed E-state index contributed by atoms with van der Waals surface area (Å²) in [7, 11) is 0. The van der Waals surface area contributed by atoms with Crippen LogP contribution in [0.4, 0.5) is 0 Å². The maximum atomic E-state index is 10.4. The fourth-order valence-corrected chi connectivity index (χ4v) is 3.85. The average Bonchev–Trinajstić information content (AvgIpc) is 2.70. The second-order valence-electron chi connectivity index (χ2n) is 8.72. The van der Waals surface area contributed by atoms with Crippen molar-refractivity contribution in [2.24, 2.45) is 0 Å². The summed E-state index contributed by atoms with van der Waals surface area (Å²) in [5.74, 6) is -1.41. The maximum absolute atomic E-state index is 10.4. The number of unbranched alkanes of at least 4 members (excludes halogenated alkanes) is 19. The van der Waals surface area contributed by atoms with Crippen LogP contribution in [0.15, 0.2) is 12.2 Å². The number of rotatable bonds is 24. The molecule has 0 fully saturated rings. The van der Waals surface area contributed by atoms with E-state index in [4.69, 9.17) is 10.2 Å². The molecule has 4 nitrogen and oxygen atoms in total. The van der Waals surface area contributed by atoms with Gasteiger partial charge in [0.05, 0.1) is 6.42 Å². The van der Waals surface area contributed by atoms with E-state index in [2.05, 4.69) is 0 Å². The Balaban J connectivity index is 3.06. The number of aliphatic carboxylic acids is 2. The van der Waals surface area contributed by atoms with Crippen molar-refractivity contribution in [2.75, 3.05) is 0 Å². The Bertz CT molecular complexity index is 417. The lowest BCUT2D eigenvalue weighted by Crippen LogP contribution is -1.93. The van der Waals surface area contributed by atoms with Gasteiger partial charge in [0.2, 0.25) is 0 Å². The average molecular weight is 425 g/mol. The van der Waals surface area contributed by atoms with Crippen molar-refractivity contribution in [1.82, 2.24) is 0 Å². The van der Waals surface area contributed by atoms with Gasteiger partial charge in [0.25, 0.3) is 0 Å². The van der Waals surface area contributed by atoms with Gasteiger partial charge in [-0.1, -0.05) is 121 Å². The molecule has 2 N–H and O–H groups in total. The molecule has 0 saturated carbocycles. The molecule has 0 spiro atoms. The minimum absolute atomic E-state index is 0.152. The van der Waals surface area contributed by atoms with Gasteiger partial charge in [-0.2, -0.15) is 0 Å². The second kappa shape index (κ2) is 24.0. The summed E-state index contributed by atoms with van der Waals surface area (Å²) in [6.07, 6.45) is 29.8. The number of hydrogen-bond acceptors (Lipinski definition) is 2. The van der Waals surface area contributed by atoms with Gasteiger partial charge in [0.1, 0.15) is 0 Å². The van der Waals surface area contributed by atoms with Crippen LogP contribution >= 0.6 is 0 Å². The number of hydrogen-bond donors (Lipinski definition) is 2. The number of carbonyl (C=O) groups is 2. The second-order valence-corrected chi connectivity index (χ2v) is 8.72. The summed E-state index contributed by atoms with van der Waals surface area (Å²) >= 11 is 0. The summed E-state index contributed by atoms with van der Waals surface area (Å²) in [6.45, 7) is 0. The van der Waals surface area contributed by atoms with Crippen LogP contribution in [0.2, 0.25) is 0 Å². The highest BCUT2D eigenvalue weighted by molar-refractivity contribution is 5.68. The molecule has 0 aromatic carbocycles. The highest BCUT2D eigenvalue weighted by atomic mass is 16.4. The predicted molar refractivity (Wildman–Crippen MR) is 126 cm³/mol. The van der Waals surface area contributed by atoms with E-state index < -0.39 is 11.9 Å². The van der Waals surface area contributed by atoms with E-state index in [9.17, 15) is 9.59 Å². The molecular weight excluding hydrogens is 376 g/mol. The van der Waals surface area contributed by atoms with E-state index in [-0.39, 0.29) is 6.42 Å². The molecule has 0 amide bonds. The van der Waals surface area contributed by atoms with Crippen molar-refractivity contribution in [3.63, 3.8) is 0 Å². The van der Waals surface area contributed by atoms with E-state index in [0.717, 1.165) is 19.3 Å². The molecular formula is C26H48O4. The quantitative estimate of drug-likeness (QED) is 0.121. The van der Waals surface area contributed by atoms with Gasteiger partial charge in [-0.25, -0.2) is 0 Å². The highest BCUT2D eigenvalue weighted by Gasteiger charge is 1.97. The first kappa shape index (κ1) is 28.7. The molecule has 0 aromatic heterocycles. The van der Waals surface area contributed by atoms with E-state index in [1.54, 1.807) is 6.08 Å². The van der Waals surface area contributed by atoms with Gasteiger partial charge < -0.3 is 10.2 Å². The lowest BCUT2D eigenvalue weighted by Gasteiger charge is -2.04. The molecule has 0 radical (unpaired) electrons. The standard InChI is InChI=1S/C26H48O4/c27-25(28)23-21-19-17-15-13-11-9-7-5-3-1-2-4-6-8-10-12-14-16-18-20-22-24-26(29)30/h19,21H,1-18,20,22-24H2,(H,27,28)(H,29,30). The molecule has 176 valence electrons. The highest BCUT2D eigenvalue weighted by Crippen LogP contribution is 2.15. The third kappa shape index (κ3) is 26.7. The van der Waals surface area contributed by atoms with Crippen LogP contribution in [-0.2, 0) is 9.59 Å². The molecule has 4 heteroatoms. The fourth-order valence-electron chi connectivity index (χ4n) is 3.85. The van der Waals surface area contributed by atoms with Crippen LogP contribution in [0, 0.1) is 0 Å². The van der Waals surface area contributed by atoms with Crippen molar-refractivity contribution in [2.45, 2.75) is 141 Å². The molecule has 0 rings (SSSR count). The van der Waals surface area contributed by atoms with Crippen molar-refractivity contribution in [1.29, 1.82) is 0 Å². The first-order valence-corrected chi connectivity index (χ1v) is 12.7. The molecule has 0 unspecified atom stereocenters. The lowest BCUT2D eigenvalue weighted by molar-refractivity contribution is -0.137.